The van der Waals surface area contributed by atoms with E-state index in [0.717, 1.165) is 11.3 Å². The number of hydrogen-bond acceptors (Lipinski definition) is 5. The van der Waals surface area contributed by atoms with Gasteiger partial charge < -0.3 is 10.6 Å². The molecule has 2 rings (SSSR count). The molecule has 8 nitrogen and oxygen atoms in total. The van der Waals surface area contributed by atoms with E-state index in [1.807, 2.05) is 27.1 Å². The normalized spacial score (nSPS) is 11.8. The Labute approximate surface area is 133 Å². The predicted octanol–water partition coefficient (Wildman–Crippen LogP) is 2.17. The standard InChI is InChI=1S/C15H19N5O3/c1-9(12-8-19(4)18-10(12)2)17-13-6-5-11(15(21)16-3)7-14(13)20(22)23/h5-9,17H,1-4H3,(H,16,21)/t9-/m0/s1. The van der Waals surface area contributed by atoms with Crippen LogP contribution in [0.5, 0.6) is 0 Å². The molecule has 1 aromatic heterocycles. The van der Waals surface area contributed by atoms with Gasteiger partial charge >= 0.3 is 0 Å². The zero-order chi connectivity index (χ0) is 17.1. The Kier molecular flexibility index (Phi) is 4.63. The minimum absolute atomic E-state index is 0.139. The number of nitrogens with one attached hydrogen (secondary N) is 2. The summed E-state index contributed by atoms with van der Waals surface area (Å²) in [5.74, 6) is -0.365. The summed E-state index contributed by atoms with van der Waals surface area (Å²) in [5, 5.41) is 21.1. The molecule has 0 saturated heterocycles. The molecule has 0 saturated carbocycles. The maximum absolute atomic E-state index is 11.6. The van der Waals surface area contributed by atoms with Gasteiger partial charge in [0.15, 0.2) is 0 Å². The lowest BCUT2D eigenvalue weighted by Gasteiger charge is -2.15. The summed E-state index contributed by atoms with van der Waals surface area (Å²) in [6.45, 7) is 3.79. The van der Waals surface area contributed by atoms with Crippen LogP contribution in [0.1, 0.15) is 34.6 Å². The third-order valence-corrected chi connectivity index (χ3v) is 3.57. The first kappa shape index (κ1) is 16.5. The summed E-state index contributed by atoms with van der Waals surface area (Å²) in [6.07, 6.45) is 1.87. The Bertz CT molecular complexity index is 754. The van der Waals surface area contributed by atoms with Gasteiger partial charge in [0, 0.05) is 37.5 Å². The van der Waals surface area contributed by atoms with Gasteiger partial charge in [-0.05, 0) is 26.0 Å². The molecule has 0 unspecified atom stereocenters. The average molecular weight is 317 g/mol. The van der Waals surface area contributed by atoms with Crippen molar-refractivity contribution in [3.8, 4) is 0 Å². The molecule has 1 aromatic carbocycles. The number of carbonyl (C=O) groups is 1. The van der Waals surface area contributed by atoms with Crippen molar-refractivity contribution >= 4 is 17.3 Å². The first-order valence-electron chi connectivity index (χ1n) is 7.10. The number of aryl methyl sites for hydroxylation is 2. The highest BCUT2D eigenvalue weighted by molar-refractivity contribution is 5.95. The van der Waals surface area contributed by atoms with Gasteiger partial charge in [-0.2, -0.15) is 5.10 Å². The maximum Gasteiger partial charge on any atom is 0.293 e. The van der Waals surface area contributed by atoms with E-state index >= 15 is 0 Å². The molecule has 0 bridgehead atoms. The number of rotatable bonds is 5. The van der Waals surface area contributed by atoms with Crippen molar-refractivity contribution in [2.24, 2.45) is 7.05 Å². The van der Waals surface area contributed by atoms with E-state index in [9.17, 15) is 14.9 Å². The molecular weight excluding hydrogens is 298 g/mol. The van der Waals surface area contributed by atoms with Gasteiger partial charge in [-0.15, -0.1) is 0 Å². The van der Waals surface area contributed by atoms with E-state index in [0.29, 0.717) is 5.69 Å². The molecule has 0 aliphatic carbocycles. The highest BCUT2D eigenvalue weighted by Crippen LogP contribution is 2.29. The van der Waals surface area contributed by atoms with Crippen molar-refractivity contribution in [1.82, 2.24) is 15.1 Å². The molecule has 2 aromatic rings. The molecule has 0 radical (unpaired) electrons. The Morgan fingerprint density at radius 3 is 2.65 bits per heavy atom. The largest absolute Gasteiger partial charge is 0.373 e. The Hall–Kier alpha value is -2.90. The fourth-order valence-corrected chi connectivity index (χ4v) is 2.44. The summed E-state index contributed by atoms with van der Waals surface area (Å²) < 4.78 is 1.70. The molecule has 0 fully saturated rings. The molecule has 0 aliphatic rings. The van der Waals surface area contributed by atoms with Crippen molar-refractivity contribution in [2.75, 3.05) is 12.4 Å². The number of nitro groups is 1. The van der Waals surface area contributed by atoms with Crippen molar-refractivity contribution in [2.45, 2.75) is 19.9 Å². The first-order chi connectivity index (χ1) is 10.8. The van der Waals surface area contributed by atoms with Gasteiger partial charge in [-0.1, -0.05) is 0 Å². The van der Waals surface area contributed by atoms with Crippen molar-refractivity contribution in [3.63, 3.8) is 0 Å². The smallest absolute Gasteiger partial charge is 0.293 e. The number of anilines is 1. The molecule has 2 N–H and O–H groups in total. The van der Waals surface area contributed by atoms with E-state index in [-0.39, 0.29) is 23.2 Å². The lowest BCUT2D eigenvalue weighted by molar-refractivity contribution is -0.384. The summed E-state index contributed by atoms with van der Waals surface area (Å²) in [5.41, 5.74) is 2.28. The molecule has 0 spiro atoms. The van der Waals surface area contributed by atoms with E-state index in [1.54, 1.807) is 16.8 Å². The molecule has 0 aliphatic heterocycles. The van der Waals surface area contributed by atoms with Crippen LogP contribution < -0.4 is 10.6 Å². The highest BCUT2D eigenvalue weighted by atomic mass is 16.6. The summed E-state index contributed by atoms with van der Waals surface area (Å²) in [4.78, 5) is 22.4. The molecule has 23 heavy (non-hydrogen) atoms. The average Bonchev–Trinajstić information content (AvgIpc) is 2.85. The zero-order valence-electron chi connectivity index (χ0n) is 13.5. The van der Waals surface area contributed by atoms with Crippen LogP contribution in [0.15, 0.2) is 24.4 Å². The minimum atomic E-state index is -0.502. The number of amides is 1. The number of benzene rings is 1. The first-order valence-corrected chi connectivity index (χ1v) is 7.10. The van der Waals surface area contributed by atoms with Crippen LogP contribution in [0.25, 0.3) is 0 Å². The second-order valence-electron chi connectivity index (χ2n) is 5.28. The van der Waals surface area contributed by atoms with Gasteiger partial charge in [-0.25, -0.2) is 0 Å². The van der Waals surface area contributed by atoms with Gasteiger partial charge in [0.1, 0.15) is 5.69 Å². The number of aromatic nitrogens is 2. The second kappa shape index (κ2) is 6.47. The predicted molar refractivity (Wildman–Crippen MR) is 86.5 cm³/mol. The molecular formula is C15H19N5O3. The zero-order valence-corrected chi connectivity index (χ0v) is 13.5. The monoisotopic (exact) mass is 317 g/mol. The molecule has 1 atom stereocenters. The third kappa shape index (κ3) is 3.47. The SMILES string of the molecule is CNC(=O)c1ccc(N[C@@H](C)c2cn(C)nc2C)c([N+](=O)[O-])c1. The molecule has 1 heterocycles. The fourth-order valence-electron chi connectivity index (χ4n) is 2.44. The Morgan fingerprint density at radius 2 is 2.13 bits per heavy atom. The second-order valence-corrected chi connectivity index (χ2v) is 5.28. The topological polar surface area (TPSA) is 102 Å². The van der Waals surface area contributed by atoms with Crippen molar-refractivity contribution in [1.29, 1.82) is 0 Å². The quantitative estimate of drug-likeness (QED) is 0.650. The summed E-state index contributed by atoms with van der Waals surface area (Å²) in [7, 11) is 3.30. The van der Waals surface area contributed by atoms with Crippen LogP contribution in [0.2, 0.25) is 0 Å². The van der Waals surface area contributed by atoms with Gasteiger partial charge in [0.2, 0.25) is 0 Å². The summed E-state index contributed by atoms with van der Waals surface area (Å²) >= 11 is 0. The van der Waals surface area contributed by atoms with Crippen molar-refractivity contribution < 1.29 is 9.72 Å². The highest BCUT2D eigenvalue weighted by Gasteiger charge is 2.20. The Morgan fingerprint density at radius 1 is 1.43 bits per heavy atom. The van der Waals surface area contributed by atoms with Gasteiger partial charge in [0.25, 0.3) is 11.6 Å². The van der Waals surface area contributed by atoms with Gasteiger partial charge in [-0.3, -0.25) is 19.6 Å². The lowest BCUT2D eigenvalue weighted by atomic mass is 10.1. The number of carbonyl (C=O) groups excluding carboxylic acids is 1. The number of nitro benzene ring substituents is 1. The van der Waals surface area contributed by atoms with Crippen LogP contribution in [0.4, 0.5) is 11.4 Å². The fraction of sp³-hybridized carbons (Fsp3) is 0.333. The third-order valence-electron chi connectivity index (χ3n) is 3.57. The summed E-state index contributed by atoms with van der Waals surface area (Å²) in [6, 6.07) is 4.21. The van der Waals surface area contributed by atoms with E-state index < -0.39 is 4.92 Å². The molecule has 1 amide bonds. The van der Waals surface area contributed by atoms with Crippen molar-refractivity contribution in [3.05, 3.63) is 51.3 Å². The van der Waals surface area contributed by atoms with E-state index in [1.165, 1.54) is 13.1 Å². The van der Waals surface area contributed by atoms with Crippen LogP contribution in [0.3, 0.4) is 0 Å². The maximum atomic E-state index is 11.6. The van der Waals surface area contributed by atoms with E-state index in [2.05, 4.69) is 15.7 Å². The van der Waals surface area contributed by atoms with Gasteiger partial charge in [0.05, 0.1) is 16.7 Å². The van der Waals surface area contributed by atoms with Crippen LogP contribution in [-0.2, 0) is 7.05 Å². The van der Waals surface area contributed by atoms with E-state index in [4.69, 9.17) is 0 Å². The Balaban J connectivity index is 2.33. The molecule has 8 heteroatoms. The minimum Gasteiger partial charge on any atom is -0.373 e. The number of nitrogens with zero attached hydrogens (tertiary/aromatic N) is 3. The van der Waals surface area contributed by atoms with Crippen LogP contribution in [0, 0.1) is 17.0 Å². The van der Waals surface area contributed by atoms with Crippen LogP contribution >= 0.6 is 0 Å². The number of hydrogen-bond donors (Lipinski definition) is 2. The molecule has 122 valence electrons. The lowest BCUT2D eigenvalue weighted by Crippen LogP contribution is -2.18. The van der Waals surface area contributed by atoms with Crippen LogP contribution in [-0.4, -0.2) is 27.7 Å².